The summed E-state index contributed by atoms with van der Waals surface area (Å²) in [6.45, 7) is 13.3. The summed E-state index contributed by atoms with van der Waals surface area (Å²) in [5.74, 6) is 2.35. The molecule has 1 fully saturated rings. The maximum absolute atomic E-state index is 12.3. The van der Waals surface area contributed by atoms with Gasteiger partial charge < -0.3 is 9.80 Å². The Morgan fingerprint density at radius 2 is 1.79 bits per heavy atom. The number of hydrogen-bond donors (Lipinski definition) is 0. The number of carbonyl (C=O) groups is 1. The fourth-order valence-corrected chi connectivity index (χ4v) is 4.08. The number of nitrogens with zero attached hydrogens (tertiary/aromatic N) is 4. The van der Waals surface area contributed by atoms with E-state index in [1.165, 1.54) is 0 Å². The minimum atomic E-state index is 0.0359. The largest absolute Gasteiger partial charge is 0.353 e. The Hall–Kier alpha value is -2.14. The Labute approximate surface area is 179 Å². The molecule has 1 saturated heterocycles. The number of amides is 1. The maximum atomic E-state index is 12.3. The molecule has 29 heavy (non-hydrogen) atoms. The predicted octanol–water partition coefficient (Wildman–Crippen LogP) is 4.46. The number of aromatic nitrogens is 2. The van der Waals surface area contributed by atoms with E-state index in [0.717, 1.165) is 66.1 Å². The SMILES string of the molecule is Cc1nc(C(C)C)c(Cc2cccc(Cl)c2)c(N2CCN(C(=O)C(C)C)CC2)n1. The summed E-state index contributed by atoms with van der Waals surface area (Å²) in [7, 11) is 0. The van der Waals surface area contributed by atoms with Crippen LogP contribution in [-0.4, -0.2) is 47.0 Å². The Morgan fingerprint density at radius 3 is 2.38 bits per heavy atom. The highest BCUT2D eigenvalue weighted by Gasteiger charge is 2.26. The summed E-state index contributed by atoms with van der Waals surface area (Å²) in [5, 5.41) is 0.740. The van der Waals surface area contributed by atoms with Crippen molar-refractivity contribution in [3.05, 3.63) is 51.9 Å². The van der Waals surface area contributed by atoms with E-state index in [0.29, 0.717) is 5.92 Å². The van der Waals surface area contributed by atoms with Gasteiger partial charge in [0.25, 0.3) is 0 Å². The molecule has 1 amide bonds. The molecule has 1 aromatic carbocycles. The van der Waals surface area contributed by atoms with Crippen molar-refractivity contribution >= 4 is 23.3 Å². The van der Waals surface area contributed by atoms with Crippen molar-refractivity contribution in [1.29, 1.82) is 0 Å². The van der Waals surface area contributed by atoms with Crippen molar-refractivity contribution in [3.8, 4) is 0 Å². The topological polar surface area (TPSA) is 49.3 Å². The monoisotopic (exact) mass is 414 g/mol. The van der Waals surface area contributed by atoms with E-state index in [4.69, 9.17) is 21.6 Å². The molecule has 0 saturated carbocycles. The lowest BCUT2D eigenvalue weighted by Crippen LogP contribution is -2.50. The molecule has 0 radical (unpaired) electrons. The highest BCUT2D eigenvalue weighted by molar-refractivity contribution is 6.30. The van der Waals surface area contributed by atoms with Gasteiger partial charge >= 0.3 is 0 Å². The molecule has 0 unspecified atom stereocenters. The first-order valence-electron chi connectivity index (χ1n) is 10.4. The van der Waals surface area contributed by atoms with Gasteiger partial charge in [0.05, 0.1) is 5.69 Å². The quantitative estimate of drug-likeness (QED) is 0.724. The van der Waals surface area contributed by atoms with Crippen LogP contribution < -0.4 is 4.90 Å². The van der Waals surface area contributed by atoms with Crippen LogP contribution in [0.3, 0.4) is 0 Å². The summed E-state index contributed by atoms with van der Waals surface area (Å²) in [5.41, 5.74) is 3.41. The molecule has 0 atom stereocenters. The second kappa shape index (κ2) is 9.12. The minimum Gasteiger partial charge on any atom is -0.353 e. The van der Waals surface area contributed by atoms with E-state index in [1.54, 1.807) is 0 Å². The van der Waals surface area contributed by atoms with Crippen LogP contribution in [0.2, 0.25) is 5.02 Å². The lowest BCUT2D eigenvalue weighted by molar-refractivity contribution is -0.134. The third kappa shape index (κ3) is 5.08. The van der Waals surface area contributed by atoms with Crippen LogP contribution in [0.1, 0.15) is 56.3 Å². The fourth-order valence-electron chi connectivity index (χ4n) is 3.87. The van der Waals surface area contributed by atoms with Crippen LogP contribution in [0.4, 0.5) is 5.82 Å². The maximum Gasteiger partial charge on any atom is 0.225 e. The summed E-state index contributed by atoms with van der Waals surface area (Å²) in [4.78, 5) is 26.2. The van der Waals surface area contributed by atoms with Gasteiger partial charge in [0.2, 0.25) is 5.91 Å². The van der Waals surface area contributed by atoms with Gasteiger partial charge in [0.1, 0.15) is 11.6 Å². The Morgan fingerprint density at radius 1 is 1.10 bits per heavy atom. The molecular formula is C23H31ClN4O. The number of hydrogen-bond acceptors (Lipinski definition) is 4. The van der Waals surface area contributed by atoms with Crippen LogP contribution in [0.15, 0.2) is 24.3 Å². The average molecular weight is 415 g/mol. The Kier molecular flexibility index (Phi) is 6.78. The van der Waals surface area contributed by atoms with Gasteiger partial charge in [0, 0.05) is 49.1 Å². The predicted molar refractivity (Wildman–Crippen MR) is 119 cm³/mol. The second-order valence-electron chi connectivity index (χ2n) is 8.39. The molecule has 6 heteroatoms. The Bertz CT molecular complexity index is 873. The number of carbonyl (C=O) groups excluding carboxylic acids is 1. The van der Waals surface area contributed by atoms with Crippen LogP contribution in [0, 0.1) is 12.8 Å². The van der Waals surface area contributed by atoms with Crippen molar-refractivity contribution < 1.29 is 4.79 Å². The zero-order valence-electron chi connectivity index (χ0n) is 18.1. The molecule has 156 valence electrons. The molecule has 0 aliphatic carbocycles. The van der Waals surface area contributed by atoms with Crippen molar-refractivity contribution in [2.45, 2.75) is 47.0 Å². The molecule has 1 aliphatic heterocycles. The summed E-state index contributed by atoms with van der Waals surface area (Å²) < 4.78 is 0. The molecule has 0 spiro atoms. The fraction of sp³-hybridized carbons (Fsp3) is 0.522. The zero-order chi connectivity index (χ0) is 21.1. The summed E-state index contributed by atoms with van der Waals surface area (Å²) in [6, 6.07) is 7.98. The number of rotatable bonds is 5. The highest BCUT2D eigenvalue weighted by atomic mass is 35.5. The number of piperazine rings is 1. The highest BCUT2D eigenvalue weighted by Crippen LogP contribution is 2.30. The second-order valence-corrected chi connectivity index (χ2v) is 8.82. The van der Waals surface area contributed by atoms with Crippen molar-refractivity contribution in [3.63, 3.8) is 0 Å². The van der Waals surface area contributed by atoms with Gasteiger partial charge in [-0.25, -0.2) is 9.97 Å². The van der Waals surface area contributed by atoms with E-state index < -0.39 is 0 Å². The zero-order valence-corrected chi connectivity index (χ0v) is 18.8. The van der Waals surface area contributed by atoms with Gasteiger partial charge in [-0.1, -0.05) is 51.4 Å². The standard InChI is InChI=1S/C23H31ClN4O/c1-15(2)21-20(14-18-7-6-8-19(24)13-18)22(26-17(5)25-21)27-9-11-28(12-10-27)23(29)16(3)4/h6-8,13,15-16H,9-12,14H2,1-5H3. The third-order valence-corrected chi connectivity index (χ3v) is 5.57. The average Bonchev–Trinajstić information content (AvgIpc) is 2.68. The van der Waals surface area contributed by atoms with Gasteiger partial charge in [0.15, 0.2) is 0 Å². The number of anilines is 1. The minimum absolute atomic E-state index is 0.0359. The van der Waals surface area contributed by atoms with Crippen molar-refractivity contribution in [1.82, 2.24) is 14.9 Å². The van der Waals surface area contributed by atoms with Crippen LogP contribution >= 0.6 is 11.6 Å². The lowest BCUT2D eigenvalue weighted by atomic mass is 9.97. The lowest BCUT2D eigenvalue weighted by Gasteiger charge is -2.37. The first-order valence-corrected chi connectivity index (χ1v) is 10.8. The molecule has 2 heterocycles. The smallest absolute Gasteiger partial charge is 0.225 e. The number of halogens is 1. The van der Waals surface area contributed by atoms with Gasteiger partial charge in [-0.05, 0) is 30.5 Å². The van der Waals surface area contributed by atoms with E-state index in [2.05, 4.69) is 24.8 Å². The molecule has 5 nitrogen and oxygen atoms in total. The summed E-state index contributed by atoms with van der Waals surface area (Å²) >= 11 is 6.22. The van der Waals surface area contributed by atoms with Crippen LogP contribution in [0.25, 0.3) is 0 Å². The number of benzene rings is 1. The van der Waals surface area contributed by atoms with Crippen molar-refractivity contribution in [2.24, 2.45) is 5.92 Å². The molecule has 1 aromatic heterocycles. The van der Waals surface area contributed by atoms with Crippen LogP contribution in [0.5, 0.6) is 0 Å². The van der Waals surface area contributed by atoms with Gasteiger partial charge in [-0.15, -0.1) is 0 Å². The first kappa shape index (κ1) is 21.6. The Balaban J connectivity index is 1.93. The van der Waals surface area contributed by atoms with Gasteiger partial charge in [-0.2, -0.15) is 0 Å². The molecule has 3 rings (SSSR count). The molecular weight excluding hydrogens is 384 g/mol. The number of aryl methyl sites for hydroxylation is 1. The first-order chi connectivity index (χ1) is 13.8. The molecule has 2 aromatic rings. The van der Waals surface area contributed by atoms with Gasteiger partial charge in [-0.3, -0.25) is 4.79 Å². The third-order valence-electron chi connectivity index (χ3n) is 5.33. The normalized spacial score (nSPS) is 14.8. The summed E-state index contributed by atoms with van der Waals surface area (Å²) in [6.07, 6.45) is 0.745. The molecule has 0 bridgehead atoms. The van der Waals surface area contributed by atoms with E-state index in [9.17, 15) is 4.79 Å². The van der Waals surface area contributed by atoms with E-state index in [1.807, 2.05) is 43.9 Å². The molecule has 0 N–H and O–H groups in total. The van der Waals surface area contributed by atoms with Crippen LogP contribution in [-0.2, 0) is 11.2 Å². The van der Waals surface area contributed by atoms with E-state index >= 15 is 0 Å². The van der Waals surface area contributed by atoms with E-state index in [-0.39, 0.29) is 11.8 Å². The molecule has 1 aliphatic rings. The van der Waals surface area contributed by atoms with Crippen molar-refractivity contribution in [2.75, 3.05) is 31.1 Å².